The van der Waals surface area contributed by atoms with E-state index in [-0.39, 0.29) is 11.9 Å². The standard InChI is InChI=1S/C11H23N3O/c1-4-6-14(5-2)11(15)10-8-12-9(3)7-13-10/h9-10,12-13H,4-8H2,1-3H3. The summed E-state index contributed by atoms with van der Waals surface area (Å²) < 4.78 is 0. The quantitative estimate of drug-likeness (QED) is 0.701. The number of rotatable bonds is 4. The van der Waals surface area contributed by atoms with E-state index in [4.69, 9.17) is 0 Å². The summed E-state index contributed by atoms with van der Waals surface area (Å²) in [7, 11) is 0. The van der Waals surface area contributed by atoms with Gasteiger partial charge in [0.15, 0.2) is 0 Å². The molecular formula is C11H23N3O. The number of likely N-dealkylation sites (N-methyl/N-ethyl adjacent to an activating group) is 1. The molecule has 0 aromatic heterocycles. The van der Waals surface area contributed by atoms with Crippen LogP contribution in [0.4, 0.5) is 0 Å². The van der Waals surface area contributed by atoms with Crippen molar-refractivity contribution in [2.24, 2.45) is 0 Å². The minimum atomic E-state index is -0.0345. The Bertz CT molecular complexity index is 200. The fourth-order valence-electron chi connectivity index (χ4n) is 1.87. The molecule has 1 amide bonds. The highest BCUT2D eigenvalue weighted by atomic mass is 16.2. The lowest BCUT2D eigenvalue weighted by molar-refractivity contribution is -0.133. The van der Waals surface area contributed by atoms with Crippen molar-refractivity contribution in [2.45, 2.75) is 39.3 Å². The Morgan fingerprint density at radius 2 is 2.07 bits per heavy atom. The SMILES string of the molecule is CCCN(CC)C(=O)C1CNC(C)CN1. The third kappa shape index (κ3) is 3.47. The first-order valence-corrected chi connectivity index (χ1v) is 5.94. The lowest BCUT2D eigenvalue weighted by Gasteiger charge is -2.32. The van der Waals surface area contributed by atoms with Crippen molar-refractivity contribution >= 4 is 5.91 Å². The van der Waals surface area contributed by atoms with Crippen molar-refractivity contribution in [2.75, 3.05) is 26.2 Å². The lowest BCUT2D eigenvalue weighted by Crippen LogP contribution is -2.59. The monoisotopic (exact) mass is 213 g/mol. The van der Waals surface area contributed by atoms with E-state index in [1.54, 1.807) is 0 Å². The van der Waals surface area contributed by atoms with Crippen LogP contribution in [0.15, 0.2) is 0 Å². The van der Waals surface area contributed by atoms with Crippen LogP contribution in [-0.2, 0) is 4.79 Å². The Hall–Kier alpha value is -0.610. The maximum absolute atomic E-state index is 12.0. The van der Waals surface area contributed by atoms with Gasteiger partial charge in [0, 0.05) is 32.2 Å². The van der Waals surface area contributed by atoms with Crippen molar-refractivity contribution < 1.29 is 4.79 Å². The molecule has 0 bridgehead atoms. The molecule has 15 heavy (non-hydrogen) atoms. The average molecular weight is 213 g/mol. The highest BCUT2D eigenvalue weighted by Gasteiger charge is 2.26. The van der Waals surface area contributed by atoms with E-state index in [0.29, 0.717) is 6.04 Å². The first-order valence-electron chi connectivity index (χ1n) is 5.94. The highest BCUT2D eigenvalue weighted by Crippen LogP contribution is 2.00. The number of hydrogen-bond acceptors (Lipinski definition) is 3. The summed E-state index contributed by atoms with van der Waals surface area (Å²) in [6.07, 6.45) is 1.02. The van der Waals surface area contributed by atoms with E-state index in [1.165, 1.54) is 0 Å². The first-order chi connectivity index (χ1) is 7.19. The average Bonchev–Trinajstić information content (AvgIpc) is 2.26. The molecule has 0 radical (unpaired) electrons. The molecule has 88 valence electrons. The maximum Gasteiger partial charge on any atom is 0.241 e. The van der Waals surface area contributed by atoms with Crippen LogP contribution in [0.3, 0.4) is 0 Å². The van der Waals surface area contributed by atoms with Gasteiger partial charge in [-0.25, -0.2) is 0 Å². The lowest BCUT2D eigenvalue weighted by atomic mass is 10.1. The van der Waals surface area contributed by atoms with Crippen molar-refractivity contribution in [3.8, 4) is 0 Å². The van der Waals surface area contributed by atoms with E-state index in [2.05, 4.69) is 24.5 Å². The molecule has 1 aliphatic rings. The normalized spacial score (nSPS) is 26.3. The second kappa shape index (κ2) is 6.08. The van der Waals surface area contributed by atoms with E-state index >= 15 is 0 Å². The van der Waals surface area contributed by atoms with Crippen LogP contribution < -0.4 is 10.6 Å². The number of amides is 1. The number of piperazine rings is 1. The molecule has 0 spiro atoms. The molecule has 2 N–H and O–H groups in total. The van der Waals surface area contributed by atoms with Gasteiger partial charge in [-0.1, -0.05) is 6.92 Å². The van der Waals surface area contributed by atoms with Gasteiger partial charge in [-0.15, -0.1) is 0 Å². The van der Waals surface area contributed by atoms with Gasteiger partial charge in [0.1, 0.15) is 0 Å². The molecule has 0 aliphatic carbocycles. The van der Waals surface area contributed by atoms with Gasteiger partial charge in [0.25, 0.3) is 0 Å². The Kier molecular flexibility index (Phi) is 5.05. The van der Waals surface area contributed by atoms with E-state index in [9.17, 15) is 4.79 Å². The topological polar surface area (TPSA) is 44.4 Å². The summed E-state index contributed by atoms with van der Waals surface area (Å²) in [4.78, 5) is 14.0. The van der Waals surface area contributed by atoms with Crippen molar-refractivity contribution in [3.05, 3.63) is 0 Å². The molecule has 4 heteroatoms. The minimum Gasteiger partial charge on any atom is -0.342 e. The summed E-state index contributed by atoms with van der Waals surface area (Å²) in [6, 6.07) is 0.433. The Labute approximate surface area is 92.4 Å². The number of nitrogens with zero attached hydrogens (tertiary/aromatic N) is 1. The number of nitrogens with one attached hydrogen (secondary N) is 2. The Balaban J connectivity index is 2.44. The summed E-state index contributed by atoms with van der Waals surface area (Å²) in [6.45, 7) is 9.55. The number of carbonyl (C=O) groups is 1. The van der Waals surface area contributed by atoms with Crippen LogP contribution in [0.25, 0.3) is 0 Å². The molecule has 1 saturated heterocycles. The fourth-order valence-corrected chi connectivity index (χ4v) is 1.87. The summed E-state index contributed by atoms with van der Waals surface area (Å²) in [5.74, 6) is 0.235. The molecular weight excluding hydrogens is 190 g/mol. The van der Waals surface area contributed by atoms with Crippen LogP contribution >= 0.6 is 0 Å². The molecule has 1 rings (SSSR count). The van der Waals surface area contributed by atoms with Gasteiger partial charge in [-0.05, 0) is 20.3 Å². The predicted octanol–water partition coefficient (Wildman–Crippen LogP) is 0.195. The molecule has 2 unspecified atom stereocenters. The van der Waals surface area contributed by atoms with Gasteiger partial charge in [-0.2, -0.15) is 0 Å². The van der Waals surface area contributed by atoms with Crippen LogP contribution in [0.2, 0.25) is 0 Å². The Morgan fingerprint density at radius 1 is 1.33 bits per heavy atom. The molecule has 1 fully saturated rings. The second-order valence-electron chi connectivity index (χ2n) is 4.19. The zero-order valence-electron chi connectivity index (χ0n) is 10.0. The minimum absolute atomic E-state index is 0.0345. The fraction of sp³-hybridized carbons (Fsp3) is 0.909. The van der Waals surface area contributed by atoms with Gasteiger partial charge in [0.2, 0.25) is 5.91 Å². The summed E-state index contributed by atoms with van der Waals surface area (Å²) in [5.41, 5.74) is 0. The molecule has 1 aliphatic heterocycles. The summed E-state index contributed by atoms with van der Waals surface area (Å²) in [5, 5.41) is 6.61. The second-order valence-corrected chi connectivity index (χ2v) is 4.19. The van der Waals surface area contributed by atoms with Gasteiger partial charge in [0.05, 0.1) is 6.04 Å². The number of carbonyl (C=O) groups excluding carboxylic acids is 1. The smallest absolute Gasteiger partial charge is 0.241 e. The van der Waals surface area contributed by atoms with Crippen LogP contribution in [0.5, 0.6) is 0 Å². The maximum atomic E-state index is 12.0. The van der Waals surface area contributed by atoms with E-state index in [0.717, 1.165) is 32.6 Å². The first kappa shape index (κ1) is 12.5. The van der Waals surface area contributed by atoms with Crippen molar-refractivity contribution in [1.29, 1.82) is 0 Å². The zero-order chi connectivity index (χ0) is 11.3. The summed E-state index contributed by atoms with van der Waals surface area (Å²) >= 11 is 0. The number of hydrogen-bond donors (Lipinski definition) is 2. The zero-order valence-corrected chi connectivity index (χ0v) is 10.0. The van der Waals surface area contributed by atoms with Crippen LogP contribution in [-0.4, -0.2) is 49.1 Å². The van der Waals surface area contributed by atoms with Gasteiger partial charge >= 0.3 is 0 Å². The van der Waals surface area contributed by atoms with E-state index in [1.807, 2.05) is 11.8 Å². The molecule has 4 nitrogen and oxygen atoms in total. The molecule has 0 aromatic carbocycles. The van der Waals surface area contributed by atoms with Crippen molar-refractivity contribution in [1.82, 2.24) is 15.5 Å². The third-order valence-electron chi connectivity index (χ3n) is 2.83. The molecule has 1 heterocycles. The molecule has 0 saturated carbocycles. The largest absolute Gasteiger partial charge is 0.342 e. The van der Waals surface area contributed by atoms with Crippen molar-refractivity contribution in [3.63, 3.8) is 0 Å². The van der Waals surface area contributed by atoms with Crippen LogP contribution in [0.1, 0.15) is 27.2 Å². The van der Waals surface area contributed by atoms with Gasteiger partial charge < -0.3 is 15.5 Å². The highest BCUT2D eigenvalue weighted by molar-refractivity contribution is 5.82. The van der Waals surface area contributed by atoms with Crippen LogP contribution in [0, 0.1) is 0 Å². The predicted molar refractivity (Wildman–Crippen MR) is 61.8 cm³/mol. The molecule has 0 aromatic rings. The molecule has 2 atom stereocenters. The van der Waals surface area contributed by atoms with Gasteiger partial charge in [-0.3, -0.25) is 4.79 Å². The Morgan fingerprint density at radius 3 is 2.53 bits per heavy atom. The van der Waals surface area contributed by atoms with E-state index < -0.39 is 0 Å². The third-order valence-corrected chi connectivity index (χ3v) is 2.83.